The third-order valence-electron chi connectivity index (χ3n) is 24.8. The van der Waals surface area contributed by atoms with Gasteiger partial charge in [-0.05, 0) is 191 Å². The van der Waals surface area contributed by atoms with Crippen molar-refractivity contribution in [1.29, 1.82) is 5.41 Å². The number of aliphatic hydroxyl groups excluding tert-OH is 1. The number of nitrogens with two attached hydrogens (primary N) is 4. The van der Waals surface area contributed by atoms with Gasteiger partial charge < -0.3 is 127 Å². The Morgan fingerprint density at radius 3 is 1.71 bits per heavy atom. The summed E-state index contributed by atoms with van der Waals surface area (Å²) in [6.45, 7) is 12.3. The van der Waals surface area contributed by atoms with Crippen LogP contribution in [0.25, 0.3) is 0 Å². The Balaban J connectivity index is 1.49. The van der Waals surface area contributed by atoms with Crippen molar-refractivity contribution in [2.45, 2.75) is 325 Å². The number of nitrogens with one attached hydrogen (secondary N) is 15. The number of carboxylic acid groups (broad SMARTS) is 1. The number of fused-ring (bicyclic) bond motifs is 1. The summed E-state index contributed by atoms with van der Waals surface area (Å²) in [6.07, 6.45) is 4.90. The second-order valence-corrected chi connectivity index (χ2v) is 40.6. The molecule has 5 aliphatic rings. The van der Waals surface area contributed by atoms with Crippen LogP contribution in [0.4, 0.5) is 0 Å². The average Bonchev–Trinajstić information content (AvgIpc) is 1.60. The number of carboxylic acids is 1. The molecular formula is C91H149N23O21S3. The zero-order chi connectivity index (χ0) is 102. The van der Waals surface area contributed by atoms with Crippen LogP contribution < -0.4 is 97.4 Å². The molecule has 5 heterocycles. The minimum absolute atomic E-state index is 0.000966. The Morgan fingerprint density at radius 2 is 1.12 bits per heavy atom. The quantitative estimate of drug-likeness (QED) is 0.0141. The van der Waals surface area contributed by atoms with Crippen LogP contribution in [0.1, 0.15) is 221 Å². The molecule has 6 rings (SSSR count). The molecule has 138 heavy (non-hydrogen) atoms. The molecule has 5 saturated heterocycles. The van der Waals surface area contributed by atoms with Crippen molar-refractivity contribution in [3.05, 3.63) is 35.9 Å². The summed E-state index contributed by atoms with van der Waals surface area (Å²) < 4.78 is 0. The van der Waals surface area contributed by atoms with Crippen LogP contribution in [0, 0.1) is 17.2 Å². The molecule has 0 aliphatic carbocycles. The van der Waals surface area contributed by atoms with Gasteiger partial charge in [0.2, 0.25) is 106 Å². The predicted molar refractivity (Wildman–Crippen MR) is 519 cm³/mol. The van der Waals surface area contributed by atoms with E-state index in [0.717, 1.165) is 21.6 Å². The maximum absolute atomic E-state index is 15.6. The van der Waals surface area contributed by atoms with Gasteiger partial charge in [-0.3, -0.25) is 96.5 Å². The van der Waals surface area contributed by atoms with Crippen molar-refractivity contribution in [1.82, 2.24) is 94.0 Å². The SMILES string of the molecule is CCCCC[C@@H]1NC(=O)[C@H](CCCCN)NC(=O)[C@H](CCCNC(=N)N)NC(=O)[C@H](CC(C)C)NC(=O)C(NC(=O)[C@H](CCSC)NC(=O)[C@@H]2CCCN2C(=O)[C@@H](NC(C)=O)C(C)C)CCSSC[C@@H](C(=O)NC(CCCCN)C(=O)N2CCC[C@H]2C(=O)N2CCC[C@H]2C(=O)N[C@@H](CCC(=O)O)C(N)=O)NC(=O)[C@H](Cc2ccccc2)NC(=O)[C@H](CO)NC(=O)C(C)(C)NC(=O)[C@@H]2CCCN2C1=O. The normalized spacial score (nSPS) is 24.1. The summed E-state index contributed by atoms with van der Waals surface area (Å²) >= 11 is 1.33. The van der Waals surface area contributed by atoms with E-state index >= 15 is 43.2 Å². The zero-order valence-electron chi connectivity index (χ0n) is 80.9. The molecule has 772 valence electrons. The molecular weight excluding hydrogens is 1850 g/mol. The van der Waals surface area contributed by atoms with Crippen LogP contribution >= 0.6 is 33.3 Å². The standard InChI is InChI=1S/C91H149N23O21S3/c1-10-11-13-28-61-85(131)111-42-23-33-69(111)84(130)110-91(7,8)89(135)109-65(50-115)80(126)107-64(49-55-25-14-12-15-26-55)79(125)108-66(81(127)105-62(29-17-19-40-93)86(132)114-45-24-34-70(114)87(133)112-43-21-31-67(112)82(128)99-56(73(94)119)35-36-71(117)118)51-138-137-47-38-60(102-76(122)59(37-46-136-9)103-83(129)68-32-22-44-113(68)88(134)72(53(4)5)98-54(6)116)77(123)106-63(48-52(2)3)78(124)101-58(30-20-41-97-90(95)96)74(120)100-57(75(121)104-61)27-16-18-39-92/h12,14-15,25-26,52-53,56-70,72,115H,10-11,13,16-24,27-51,92-93H2,1-9H3,(H2,94,119)(H,98,116)(H,99,128)(H,100,120)(H,101,124)(H,102,122)(H,103,129)(H,104,121)(H,105,127)(H,106,123)(H,107,126)(H,108,125)(H,109,135)(H,110,130)(H,117,118)(H4,95,96,97)/t56-,57-,58-,59-,60?,61-,62?,63-,64-,65-,66-,67-,68-,69-,70-,72-/m0/s1. The molecule has 1 aromatic rings. The number of nitrogens with zero attached hydrogens (tertiary/aromatic N) is 4. The fourth-order valence-corrected chi connectivity index (χ4v) is 19.9. The Morgan fingerprint density at radius 1 is 0.572 bits per heavy atom. The number of carbonyl (C=O) groups excluding carboxylic acids is 18. The highest BCUT2D eigenvalue weighted by Gasteiger charge is 2.48. The van der Waals surface area contributed by atoms with Gasteiger partial charge in [0.25, 0.3) is 0 Å². The lowest BCUT2D eigenvalue weighted by molar-refractivity contribution is -0.148. The number of aliphatic hydroxyl groups is 1. The second-order valence-electron chi connectivity index (χ2n) is 37.0. The number of rotatable bonds is 41. The van der Waals surface area contributed by atoms with Crippen molar-refractivity contribution >= 4 is 152 Å². The Hall–Kier alpha value is -10.7. The maximum atomic E-state index is 15.6. The van der Waals surface area contributed by atoms with Gasteiger partial charge in [-0.2, -0.15) is 11.8 Å². The monoisotopic (exact) mass is 2000 g/mol. The molecule has 5 aliphatic heterocycles. The summed E-state index contributed by atoms with van der Waals surface area (Å²) in [5.74, 6) is -17.5. The van der Waals surface area contributed by atoms with E-state index in [9.17, 15) is 58.2 Å². The van der Waals surface area contributed by atoms with Gasteiger partial charge in [0.15, 0.2) is 5.96 Å². The first kappa shape index (κ1) is 116. The summed E-state index contributed by atoms with van der Waals surface area (Å²) in [7, 11) is 1.97. The number of benzene rings is 1. The summed E-state index contributed by atoms with van der Waals surface area (Å²) in [5.41, 5.74) is 21.7. The van der Waals surface area contributed by atoms with E-state index in [-0.39, 0.29) is 178 Å². The van der Waals surface area contributed by atoms with E-state index in [1.807, 2.05) is 6.92 Å². The smallest absolute Gasteiger partial charge is 0.303 e. The molecule has 44 nitrogen and oxygen atoms in total. The van der Waals surface area contributed by atoms with E-state index in [4.69, 9.17) is 28.3 Å². The lowest BCUT2D eigenvalue weighted by Gasteiger charge is -2.33. The first-order valence-corrected chi connectivity index (χ1v) is 52.0. The molecule has 0 saturated carbocycles. The highest BCUT2D eigenvalue weighted by atomic mass is 33.1. The number of carbonyl (C=O) groups is 19. The van der Waals surface area contributed by atoms with Crippen molar-refractivity contribution < 1.29 is 101 Å². The topological polar surface area (TPSA) is 674 Å². The number of guanidine groups is 1. The fraction of sp³-hybridized carbons (Fsp3) is 0.714. The number of thioether (sulfide) groups is 1. The Bertz CT molecular complexity index is 4330. The van der Waals surface area contributed by atoms with Gasteiger partial charge in [-0.1, -0.05) is 106 Å². The molecule has 1 aromatic carbocycles. The van der Waals surface area contributed by atoms with Crippen LogP contribution in [0.2, 0.25) is 0 Å². The van der Waals surface area contributed by atoms with E-state index in [0.29, 0.717) is 56.9 Å². The van der Waals surface area contributed by atoms with Crippen LogP contribution in [-0.4, -0.2) is 326 Å². The van der Waals surface area contributed by atoms with Crippen LogP contribution in [0.15, 0.2) is 30.3 Å². The number of likely N-dealkylation sites (tertiary alicyclic amines) is 3. The molecule has 0 spiro atoms. The second kappa shape index (κ2) is 59.1. The minimum atomic E-state index is -1.92. The van der Waals surface area contributed by atoms with Crippen LogP contribution in [0.5, 0.6) is 0 Å². The van der Waals surface area contributed by atoms with Gasteiger partial charge in [-0.25, -0.2) is 0 Å². The number of primary amides is 1. The molecule has 18 amide bonds. The molecule has 0 radical (unpaired) electrons. The van der Waals surface area contributed by atoms with Crippen LogP contribution in [-0.2, 0) is 97.5 Å². The number of hydrogen-bond acceptors (Lipinski definition) is 26. The minimum Gasteiger partial charge on any atom is -0.481 e. The molecule has 2 unspecified atom stereocenters. The molecule has 0 aromatic heterocycles. The van der Waals surface area contributed by atoms with Gasteiger partial charge in [0.1, 0.15) is 102 Å². The van der Waals surface area contributed by atoms with E-state index in [2.05, 4.69) is 74.4 Å². The lowest BCUT2D eigenvalue weighted by Crippen LogP contribution is -2.63. The molecule has 16 atom stereocenters. The van der Waals surface area contributed by atoms with Crippen molar-refractivity contribution in [3.63, 3.8) is 0 Å². The first-order chi connectivity index (χ1) is 65.6. The highest BCUT2D eigenvalue weighted by Crippen LogP contribution is 2.30. The molecule has 25 N–H and O–H groups in total. The van der Waals surface area contributed by atoms with Crippen molar-refractivity contribution in [3.8, 4) is 0 Å². The largest absolute Gasteiger partial charge is 0.481 e. The molecule has 47 heteroatoms. The van der Waals surface area contributed by atoms with Gasteiger partial charge in [-0.15, -0.1) is 0 Å². The van der Waals surface area contributed by atoms with E-state index in [1.54, 1.807) is 64.3 Å². The third kappa shape index (κ3) is 36.8. The van der Waals surface area contributed by atoms with Gasteiger partial charge >= 0.3 is 5.97 Å². The molecule has 5 fully saturated rings. The Kier molecular flexibility index (Phi) is 49.7. The Labute approximate surface area is 819 Å². The molecule has 0 bridgehead atoms. The lowest BCUT2D eigenvalue weighted by atomic mass is 10.0. The number of hydrogen-bond donors (Lipinski definition) is 21. The summed E-state index contributed by atoms with van der Waals surface area (Å²) in [4.78, 5) is 281. The van der Waals surface area contributed by atoms with E-state index < -0.39 is 239 Å². The highest BCUT2D eigenvalue weighted by molar-refractivity contribution is 8.76. The van der Waals surface area contributed by atoms with E-state index in [1.165, 1.54) is 52.1 Å². The summed E-state index contributed by atoms with van der Waals surface area (Å²) in [5, 5.41) is 66.4. The predicted octanol–water partition coefficient (Wildman–Crippen LogP) is -2.39. The average molecular weight is 2000 g/mol. The first-order valence-electron chi connectivity index (χ1n) is 48.1. The summed E-state index contributed by atoms with van der Waals surface area (Å²) in [6, 6.07) is -14.1. The van der Waals surface area contributed by atoms with Gasteiger partial charge in [0, 0.05) is 64.0 Å². The van der Waals surface area contributed by atoms with Gasteiger partial charge in [0.05, 0.1) is 6.61 Å². The number of unbranched alkanes of at least 4 members (excludes halogenated alkanes) is 4. The number of amides is 18. The fourth-order valence-electron chi connectivity index (χ4n) is 17.2. The van der Waals surface area contributed by atoms with Crippen LogP contribution in [0.3, 0.4) is 0 Å². The zero-order valence-corrected chi connectivity index (χ0v) is 83.4. The number of aliphatic carboxylic acids is 1. The van der Waals surface area contributed by atoms with Crippen molar-refractivity contribution in [2.75, 3.05) is 75.9 Å². The third-order valence-corrected chi connectivity index (χ3v) is 27.9. The van der Waals surface area contributed by atoms with Crippen molar-refractivity contribution in [2.24, 2.45) is 34.8 Å². The maximum Gasteiger partial charge on any atom is 0.303 e.